The minimum atomic E-state index is -1.20. The highest BCUT2D eigenvalue weighted by molar-refractivity contribution is 5.95. The summed E-state index contributed by atoms with van der Waals surface area (Å²) < 4.78 is 5.28. The maximum absolute atomic E-state index is 13.4. The van der Waals surface area contributed by atoms with Gasteiger partial charge in [-0.2, -0.15) is 0 Å². The topological polar surface area (TPSA) is 152 Å². The van der Waals surface area contributed by atoms with Crippen molar-refractivity contribution in [3.8, 4) is 22.5 Å². The number of alkyl carbamates (subject to hydrolysis) is 1. The number of nitrogens with two attached hydrogens (primary N) is 1. The van der Waals surface area contributed by atoms with Crippen molar-refractivity contribution in [2.45, 2.75) is 44.9 Å². The summed E-state index contributed by atoms with van der Waals surface area (Å²) in [5, 5.41) is 5.50. The number of benzene rings is 2. The molecule has 0 saturated heterocycles. The van der Waals surface area contributed by atoms with E-state index in [0.717, 1.165) is 38.9 Å². The van der Waals surface area contributed by atoms with E-state index >= 15 is 0 Å². The summed E-state index contributed by atoms with van der Waals surface area (Å²) >= 11 is 0. The Morgan fingerprint density at radius 2 is 1.79 bits per heavy atom. The third-order valence-electron chi connectivity index (χ3n) is 6.19. The number of carbonyl (C=O) groups is 3. The van der Waals surface area contributed by atoms with Crippen LogP contribution in [0.15, 0.2) is 60.9 Å². The van der Waals surface area contributed by atoms with Crippen LogP contribution < -0.4 is 16.4 Å². The largest absolute Gasteiger partial charge is 0.444 e. The second-order valence-electron chi connectivity index (χ2n) is 10.1. The third kappa shape index (κ3) is 4.93. The molecule has 2 aromatic carbocycles. The molecule has 10 nitrogen and oxygen atoms in total. The van der Waals surface area contributed by atoms with Gasteiger partial charge in [0.25, 0.3) is 0 Å². The minimum absolute atomic E-state index is 0.376. The Labute approximate surface area is 219 Å². The zero-order valence-corrected chi connectivity index (χ0v) is 21.2. The Bertz CT molecular complexity index is 1520. The second kappa shape index (κ2) is 9.62. The molecule has 194 valence electrons. The van der Waals surface area contributed by atoms with Crippen LogP contribution in [-0.2, 0) is 14.3 Å². The number of imidazole rings is 1. The molecule has 10 heteroatoms. The monoisotopic (exact) mass is 512 g/mol. The Kier molecular flexibility index (Phi) is 6.31. The Hall–Kier alpha value is -4.73. The Morgan fingerprint density at radius 3 is 2.53 bits per heavy atom. The van der Waals surface area contributed by atoms with Crippen LogP contribution in [0.5, 0.6) is 0 Å². The number of hydrogen-bond acceptors (Lipinski definition) is 6. The summed E-state index contributed by atoms with van der Waals surface area (Å²) in [6.07, 6.45) is 2.23. The van der Waals surface area contributed by atoms with Gasteiger partial charge in [0.15, 0.2) is 0 Å². The smallest absolute Gasteiger partial charge is 0.408 e. The molecular weight excluding hydrogens is 484 g/mol. The summed E-state index contributed by atoms with van der Waals surface area (Å²) in [7, 11) is 0. The molecule has 1 aliphatic carbocycles. The lowest BCUT2D eigenvalue weighted by molar-refractivity contribution is -0.127. The van der Waals surface area contributed by atoms with Gasteiger partial charge in [0.2, 0.25) is 11.8 Å². The van der Waals surface area contributed by atoms with Crippen molar-refractivity contribution in [1.29, 1.82) is 0 Å². The van der Waals surface area contributed by atoms with Gasteiger partial charge >= 0.3 is 6.09 Å². The van der Waals surface area contributed by atoms with Crippen molar-refractivity contribution in [3.05, 3.63) is 72.1 Å². The first-order valence-corrected chi connectivity index (χ1v) is 12.2. The van der Waals surface area contributed by atoms with E-state index in [1.165, 1.54) is 0 Å². The number of carbonyl (C=O) groups excluding carboxylic acids is 3. The molecule has 3 amide bonds. The summed E-state index contributed by atoms with van der Waals surface area (Å²) in [6.45, 7) is 5.12. The molecule has 1 unspecified atom stereocenters. The van der Waals surface area contributed by atoms with Crippen LogP contribution >= 0.6 is 0 Å². The normalized spacial score (nSPS) is 14.9. The van der Waals surface area contributed by atoms with Gasteiger partial charge in [0, 0.05) is 11.8 Å². The molecule has 2 atom stereocenters. The summed E-state index contributed by atoms with van der Waals surface area (Å²) in [5.41, 5.74) is 10.7. The molecule has 5 rings (SSSR count). The standard InChI is InChI=1S/C28H28N6O4/c1-28(2,3)38-27(37)33-20(13-22(29)35)26(36)34-24-16-8-5-4-7-15(16)23-17(24)9-6-10-18(23)25-31-19-11-12-30-14-21(19)32-25/h4-12,14,20,24H,13H2,1-3H3,(H2,29,35)(H,31,32)(H,33,37)(H,34,36)/t20-,24?/m0/s1. The predicted octanol–water partition coefficient (Wildman–Crippen LogP) is 3.58. The average molecular weight is 513 g/mol. The van der Waals surface area contributed by atoms with E-state index in [2.05, 4.69) is 20.6 Å². The van der Waals surface area contributed by atoms with E-state index in [9.17, 15) is 14.4 Å². The maximum Gasteiger partial charge on any atom is 0.408 e. The van der Waals surface area contributed by atoms with E-state index in [4.69, 9.17) is 15.5 Å². The molecule has 0 aliphatic heterocycles. The van der Waals surface area contributed by atoms with Crippen LogP contribution in [0.4, 0.5) is 4.79 Å². The molecule has 0 spiro atoms. The molecule has 0 radical (unpaired) electrons. The van der Waals surface area contributed by atoms with E-state index in [1.54, 1.807) is 33.2 Å². The van der Waals surface area contributed by atoms with Gasteiger partial charge in [-0.15, -0.1) is 0 Å². The highest BCUT2D eigenvalue weighted by Gasteiger charge is 2.35. The van der Waals surface area contributed by atoms with Gasteiger partial charge in [-0.25, -0.2) is 9.78 Å². The van der Waals surface area contributed by atoms with Gasteiger partial charge in [-0.05, 0) is 49.1 Å². The number of pyridine rings is 1. The molecule has 4 aromatic rings. The van der Waals surface area contributed by atoms with E-state index in [0.29, 0.717) is 5.82 Å². The van der Waals surface area contributed by atoms with Gasteiger partial charge in [-0.3, -0.25) is 14.6 Å². The fourth-order valence-electron chi connectivity index (χ4n) is 4.70. The average Bonchev–Trinajstić information content (AvgIpc) is 3.42. The van der Waals surface area contributed by atoms with E-state index < -0.39 is 35.6 Å². The fourth-order valence-corrected chi connectivity index (χ4v) is 4.70. The lowest BCUT2D eigenvalue weighted by Crippen LogP contribution is -2.50. The molecule has 0 fully saturated rings. The van der Waals surface area contributed by atoms with Crippen LogP contribution in [0.25, 0.3) is 33.5 Å². The molecule has 0 bridgehead atoms. The summed E-state index contributed by atoms with van der Waals surface area (Å²) in [6, 6.07) is 13.7. The molecule has 38 heavy (non-hydrogen) atoms. The molecule has 1 aliphatic rings. The van der Waals surface area contributed by atoms with Gasteiger partial charge in [0.05, 0.1) is 29.7 Å². The predicted molar refractivity (Wildman–Crippen MR) is 142 cm³/mol. The number of rotatable bonds is 6. The number of hydrogen-bond donors (Lipinski definition) is 4. The van der Waals surface area contributed by atoms with Gasteiger partial charge < -0.3 is 26.1 Å². The molecular formula is C28H28N6O4. The van der Waals surface area contributed by atoms with Crippen molar-refractivity contribution < 1.29 is 19.1 Å². The van der Waals surface area contributed by atoms with Crippen molar-refractivity contribution in [3.63, 3.8) is 0 Å². The van der Waals surface area contributed by atoms with Gasteiger partial charge in [0.1, 0.15) is 17.5 Å². The van der Waals surface area contributed by atoms with Crippen LogP contribution in [0.2, 0.25) is 0 Å². The van der Waals surface area contributed by atoms with Gasteiger partial charge in [-0.1, -0.05) is 42.5 Å². The van der Waals surface area contributed by atoms with Crippen LogP contribution in [0.3, 0.4) is 0 Å². The number of ether oxygens (including phenoxy) is 1. The molecule has 2 heterocycles. The SMILES string of the molecule is CC(C)(C)OC(=O)N[C@@H](CC(N)=O)C(=O)NC1c2ccccc2-c2c(-c3nc4ccncc4[nH]3)cccc21. The number of aromatic nitrogens is 3. The third-order valence-corrected chi connectivity index (χ3v) is 6.19. The van der Waals surface area contributed by atoms with Crippen molar-refractivity contribution >= 4 is 28.9 Å². The van der Waals surface area contributed by atoms with Crippen molar-refractivity contribution in [2.24, 2.45) is 5.73 Å². The number of fused-ring (bicyclic) bond motifs is 4. The molecule has 0 saturated carbocycles. The first-order chi connectivity index (χ1) is 18.1. The quantitative estimate of drug-likeness (QED) is 0.310. The highest BCUT2D eigenvalue weighted by Crippen LogP contribution is 2.47. The zero-order valence-electron chi connectivity index (χ0n) is 21.2. The Balaban J connectivity index is 1.50. The van der Waals surface area contributed by atoms with Crippen molar-refractivity contribution in [1.82, 2.24) is 25.6 Å². The van der Waals surface area contributed by atoms with Crippen LogP contribution in [0, 0.1) is 0 Å². The number of amides is 3. The molecule has 5 N–H and O–H groups in total. The fraction of sp³-hybridized carbons (Fsp3) is 0.250. The first kappa shape index (κ1) is 24.9. The van der Waals surface area contributed by atoms with E-state index in [1.807, 2.05) is 48.5 Å². The van der Waals surface area contributed by atoms with Crippen LogP contribution in [0.1, 0.15) is 44.4 Å². The summed E-state index contributed by atoms with van der Waals surface area (Å²) in [5.74, 6) is -0.595. The van der Waals surface area contributed by atoms with Crippen molar-refractivity contribution in [2.75, 3.05) is 0 Å². The highest BCUT2D eigenvalue weighted by atomic mass is 16.6. The number of aromatic amines is 1. The Morgan fingerprint density at radius 1 is 1.05 bits per heavy atom. The van der Waals surface area contributed by atoms with Crippen LogP contribution in [-0.4, -0.2) is 44.5 Å². The number of nitrogens with zero attached hydrogens (tertiary/aromatic N) is 2. The number of nitrogens with one attached hydrogen (secondary N) is 3. The van der Waals surface area contributed by atoms with E-state index in [-0.39, 0.29) is 6.42 Å². The zero-order chi connectivity index (χ0) is 27.0. The number of primary amides is 1. The lowest BCUT2D eigenvalue weighted by Gasteiger charge is -2.24. The molecule has 2 aromatic heterocycles. The lowest BCUT2D eigenvalue weighted by atomic mass is 9.98. The maximum atomic E-state index is 13.4. The number of H-pyrrole nitrogens is 1. The summed E-state index contributed by atoms with van der Waals surface area (Å²) in [4.78, 5) is 49.8. The minimum Gasteiger partial charge on any atom is -0.444 e. The first-order valence-electron chi connectivity index (χ1n) is 12.2. The second-order valence-corrected chi connectivity index (χ2v) is 10.1.